The number of hydrogen-bond donors (Lipinski definition) is 1. The Labute approximate surface area is 199 Å². The molecule has 0 spiro atoms. The molecule has 0 bridgehead atoms. The predicted molar refractivity (Wildman–Crippen MR) is 130 cm³/mol. The lowest BCUT2D eigenvalue weighted by Crippen LogP contribution is -2.35. The average Bonchev–Trinajstić information content (AvgIpc) is 2.86. The average molecular weight is 476 g/mol. The summed E-state index contributed by atoms with van der Waals surface area (Å²) in [7, 11) is -3.82. The van der Waals surface area contributed by atoms with E-state index >= 15 is 0 Å². The number of nitriles is 1. The van der Waals surface area contributed by atoms with Gasteiger partial charge >= 0.3 is 0 Å². The Kier molecular flexibility index (Phi) is 7.14. The lowest BCUT2D eigenvalue weighted by atomic mass is 10.0. The number of carbonyl (C=O) groups excluding carboxylic acids is 1. The fourth-order valence-corrected chi connectivity index (χ4v) is 5.47. The van der Waals surface area contributed by atoms with Crippen LogP contribution in [0.5, 0.6) is 5.75 Å². The first kappa shape index (κ1) is 23.3. The monoisotopic (exact) mass is 475 g/mol. The smallest absolute Gasteiger partial charge is 0.264 e. The molecule has 0 saturated heterocycles. The molecule has 3 aromatic carbocycles. The van der Waals surface area contributed by atoms with Crippen LogP contribution in [0.1, 0.15) is 35.2 Å². The first-order valence-corrected chi connectivity index (χ1v) is 12.5. The quantitative estimate of drug-likeness (QED) is 0.474. The molecule has 34 heavy (non-hydrogen) atoms. The number of nitrogens with zero attached hydrogens (tertiary/aromatic N) is 2. The van der Waals surface area contributed by atoms with Crippen molar-refractivity contribution < 1.29 is 17.9 Å². The van der Waals surface area contributed by atoms with Gasteiger partial charge in [0, 0.05) is 30.3 Å². The first-order valence-electron chi connectivity index (χ1n) is 11.1. The molecule has 0 saturated carbocycles. The minimum Gasteiger partial charge on any atom is -0.493 e. The second kappa shape index (κ2) is 10.4. The molecule has 1 heterocycles. The minimum atomic E-state index is -3.82. The molecular weight excluding hydrogens is 450 g/mol. The van der Waals surface area contributed by atoms with Gasteiger partial charge in [0.1, 0.15) is 5.75 Å². The Hall–Kier alpha value is -3.83. The zero-order valence-electron chi connectivity index (χ0n) is 18.6. The lowest BCUT2D eigenvalue weighted by molar-refractivity contribution is 0.102. The molecule has 0 atom stereocenters. The molecule has 4 rings (SSSR count). The molecular formula is C26H25N3O4S. The molecule has 0 aromatic heterocycles. The number of benzene rings is 3. The van der Waals surface area contributed by atoms with Crippen molar-refractivity contribution in [3.63, 3.8) is 0 Å². The maximum atomic E-state index is 13.4. The molecule has 1 amide bonds. The summed E-state index contributed by atoms with van der Waals surface area (Å²) in [5.41, 5.74) is 2.46. The van der Waals surface area contributed by atoms with Gasteiger partial charge in [-0.1, -0.05) is 30.3 Å². The third-order valence-corrected chi connectivity index (χ3v) is 7.35. The van der Waals surface area contributed by atoms with Crippen LogP contribution in [0, 0.1) is 11.3 Å². The maximum Gasteiger partial charge on any atom is 0.264 e. The fourth-order valence-electron chi connectivity index (χ4n) is 3.88. The predicted octanol–water partition coefficient (Wildman–Crippen LogP) is 4.76. The number of ether oxygens (including phenoxy) is 1. The number of nitrogens with one attached hydrogen (secondary N) is 1. The van der Waals surface area contributed by atoms with Crippen LogP contribution < -0.4 is 14.4 Å². The number of hydrogen-bond acceptors (Lipinski definition) is 5. The van der Waals surface area contributed by atoms with E-state index < -0.39 is 15.9 Å². The Bertz CT molecular complexity index is 1330. The molecule has 1 aliphatic rings. The van der Waals surface area contributed by atoms with Gasteiger partial charge in [0.25, 0.3) is 15.9 Å². The number of sulfonamides is 1. The number of carbonyl (C=O) groups is 1. The van der Waals surface area contributed by atoms with E-state index in [-0.39, 0.29) is 10.5 Å². The van der Waals surface area contributed by atoms with E-state index in [0.29, 0.717) is 43.1 Å². The van der Waals surface area contributed by atoms with Gasteiger partial charge in [0.2, 0.25) is 0 Å². The van der Waals surface area contributed by atoms with Crippen LogP contribution in [-0.4, -0.2) is 27.5 Å². The van der Waals surface area contributed by atoms with E-state index in [0.717, 1.165) is 18.4 Å². The van der Waals surface area contributed by atoms with Crippen molar-refractivity contribution in [2.24, 2.45) is 0 Å². The van der Waals surface area contributed by atoms with Crippen LogP contribution in [0.2, 0.25) is 0 Å². The van der Waals surface area contributed by atoms with E-state index in [2.05, 4.69) is 11.4 Å². The van der Waals surface area contributed by atoms with Gasteiger partial charge < -0.3 is 10.1 Å². The molecule has 3 aromatic rings. The SMILES string of the molecule is N#CCCCOc1cccc(NC(=O)c2cccc(S(=O)(=O)N3CCCc4ccccc43)c2)c1. The molecule has 0 unspecified atom stereocenters. The Morgan fingerprint density at radius 3 is 2.74 bits per heavy atom. The number of rotatable bonds is 8. The number of anilines is 2. The van der Waals surface area contributed by atoms with Gasteiger partial charge in [-0.3, -0.25) is 9.10 Å². The van der Waals surface area contributed by atoms with Crippen molar-refractivity contribution in [1.29, 1.82) is 5.26 Å². The van der Waals surface area contributed by atoms with Crippen molar-refractivity contribution in [3.8, 4) is 11.8 Å². The molecule has 1 N–H and O–H groups in total. The number of para-hydroxylation sites is 1. The van der Waals surface area contributed by atoms with E-state index in [1.807, 2.05) is 24.3 Å². The molecule has 1 aliphatic heterocycles. The van der Waals surface area contributed by atoms with Crippen LogP contribution in [0.4, 0.5) is 11.4 Å². The maximum absolute atomic E-state index is 13.4. The third-order valence-electron chi connectivity index (χ3n) is 5.55. The van der Waals surface area contributed by atoms with E-state index in [9.17, 15) is 13.2 Å². The summed E-state index contributed by atoms with van der Waals surface area (Å²) >= 11 is 0. The van der Waals surface area contributed by atoms with Crippen LogP contribution in [0.25, 0.3) is 0 Å². The van der Waals surface area contributed by atoms with Crippen molar-refractivity contribution in [3.05, 3.63) is 83.9 Å². The zero-order valence-corrected chi connectivity index (χ0v) is 19.4. The zero-order chi connectivity index (χ0) is 24.0. The van der Waals surface area contributed by atoms with Gasteiger partial charge in [0.05, 0.1) is 23.3 Å². The highest BCUT2D eigenvalue weighted by molar-refractivity contribution is 7.92. The highest BCUT2D eigenvalue weighted by Gasteiger charge is 2.29. The highest BCUT2D eigenvalue weighted by Crippen LogP contribution is 2.32. The summed E-state index contributed by atoms with van der Waals surface area (Å²) in [5, 5.41) is 11.4. The van der Waals surface area contributed by atoms with Crippen molar-refractivity contribution in [2.45, 2.75) is 30.6 Å². The summed E-state index contributed by atoms with van der Waals surface area (Å²) in [4.78, 5) is 13.0. The molecule has 7 nitrogen and oxygen atoms in total. The van der Waals surface area contributed by atoms with Crippen LogP contribution >= 0.6 is 0 Å². The standard InChI is InChI=1S/C26H25N3O4S/c27-15-3-4-17-33-23-12-6-11-22(19-23)28-26(30)21-9-5-13-24(18-21)34(31,32)29-16-7-10-20-8-1-2-14-25(20)29/h1-2,5-6,8-9,11-14,18-19H,3-4,7,10,16-17H2,(H,28,30). The van der Waals surface area contributed by atoms with Gasteiger partial charge in [-0.25, -0.2) is 8.42 Å². The minimum absolute atomic E-state index is 0.0754. The third kappa shape index (κ3) is 5.21. The molecule has 0 radical (unpaired) electrons. The number of amides is 1. The summed E-state index contributed by atoms with van der Waals surface area (Å²) in [5.74, 6) is 0.161. The second-order valence-corrected chi connectivity index (χ2v) is 9.79. The van der Waals surface area contributed by atoms with E-state index in [1.165, 1.54) is 16.4 Å². The molecule has 0 fully saturated rings. The number of fused-ring (bicyclic) bond motifs is 1. The normalized spacial score (nSPS) is 13.0. The summed E-state index contributed by atoms with van der Waals surface area (Å²) < 4.78 is 33.9. The van der Waals surface area contributed by atoms with Crippen molar-refractivity contribution >= 4 is 27.3 Å². The molecule has 8 heteroatoms. The molecule has 174 valence electrons. The summed E-state index contributed by atoms with van der Waals surface area (Å²) in [6.07, 6.45) is 2.62. The van der Waals surface area contributed by atoms with Gasteiger partial charge in [-0.2, -0.15) is 5.26 Å². The summed E-state index contributed by atoms with van der Waals surface area (Å²) in [6.45, 7) is 0.807. The topological polar surface area (TPSA) is 99.5 Å². The first-order chi connectivity index (χ1) is 16.5. The number of aryl methyl sites for hydroxylation is 1. The van der Waals surface area contributed by atoms with Crippen molar-refractivity contribution in [2.75, 3.05) is 22.8 Å². The summed E-state index contributed by atoms with van der Waals surface area (Å²) in [6, 6.07) is 22.6. The molecule has 0 aliphatic carbocycles. The Balaban J connectivity index is 1.51. The van der Waals surface area contributed by atoms with E-state index in [1.54, 1.807) is 36.4 Å². The van der Waals surface area contributed by atoms with Crippen molar-refractivity contribution in [1.82, 2.24) is 0 Å². The van der Waals surface area contributed by atoms with Crippen LogP contribution in [-0.2, 0) is 16.4 Å². The lowest BCUT2D eigenvalue weighted by Gasteiger charge is -2.30. The second-order valence-electron chi connectivity index (χ2n) is 7.93. The number of unbranched alkanes of at least 4 members (excludes halogenated alkanes) is 1. The van der Waals surface area contributed by atoms with Crippen LogP contribution in [0.15, 0.2) is 77.7 Å². The highest BCUT2D eigenvalue weighted by atomic mass is 32.2. The largest absolute Gasteiger partial charge is 0.493 e. The van der Waals surface area contributed by atoms with E-state index in [4.69, 9.17) is 10.00 Å². The Morgan fingerprint density at radius 2 is 1.88 bits per heavy atom. The van der Waals surface area contributed by atoms with Gasteiger partial charge in [-0.15, -0.1) is 0 Å². The Morgan fingerprint density at radius 1 is 1.06 bits per heavy atom. The van der Waals surface area contributed by atoms with Gasteiger partial charge in [0.15, 0.2) is 0 Å². The van der Waals surface area contributed by atoms with Crippen LogP contribution in [0.3, 0.4) is 0 Å². The van der Waals surface area contributed by atoms with Gasteiger partial charge in [-0.05, 0) is 61.2 Å². The fraction of sp³-hybridized carbons (Fsp3) is 0.231.